The summed E-state index contributed by atoms with van der Waals surface area (Å²) in [5.74, 6) is -0.00465. The van der Waals surface area contributed by atoms with E-state index in [1.807, 2.05) is 114 Å². The molecule has 0 spiro atoms. The lowest BCUT2D eigenvalue weighted by molar-refractivity contribution is -0.137. The summed E-state index contributed by atoms with van der Waals surface area (Å²) >= 11 is 0. The lowest BCUT2D eigenvalue weighted by atomic mass is 9.33. The van der Waals surface area contributed by atoms with Gasteiger partial charge in [0.25, 0.3) is 6.71 Å². The number of anilines is 6. The molecule has 0 amide bonds. The zero-order valence-electron chi connectivity index (χ0n) is 39.6. The highest BCUT2D eigenvalue weighted by atomic mass is 19.4. The number of nitrogens with zero attached hydrogens (tertiary/aromatic N) is 5. The van der Waals surface area contributed by atoms with Crippen molar-refractivity contribution in [1.29, 1.82) is 0 Å². The van der Waals surface area contributed by atoms with Crippen LogP contribution in [0.4, 0.5) is 47.3 Å². The highest BCUT2D eigenvalue weighted by molar-refractivity contribution is 7.00. The molecule has 0 radical (unpaired) electrons. The van der Waals surface area contributed by atoms with Gasteiger partial charge in [0.2, 0.25) is 0 Å². The number of para-hydroxylation sites is 5. The van der Waals surface area contributed by atoms with Gasteiger partial charge in [0.15, 0.2) is 5.82 Å². The van der Waals surface area contributed by atoms with Crippen LogP contribution in [0.15, 0.2) is 249 Å². The van der Waals surface area contributed by atoms with Crippen LogP contribution in [0.2, 0.25) is 0 Å². The summed E-state index contributed by atoms with van der Waals surface area (Å²) in [7, 11) is 0. The van der Waals surface area contributed by atoms with Crippen LogP contribution in [-0.2, 0) is 6.18 Å². The van der Waals surface area contributed by atoms with Crippen molar-refractivity contribution >= 4 is 79.0 Å². The molecule has 2 aromatic heterocycles. The van der Waals surface area contributed by atoms with Gasteiger partial charge >= 0.3 is 6.18 Å². The average Bonchev–Trinajstić information content (AvgIpc) is 3.87. The van der Waals surface area contributed by atoms with Crippen LogP contribution in [0, 0.1) is 0 Å². The Kier molecular flexibility index (Phi) is 10.0. The minimum absolute atomic E-state index is 0.00465. The molecule has 0 saturated heterocycles. The first kappa shape index (κ1) is 43.3. The molecule has 0 aliphatic carbocycles. The van der Waals surface area contributed by atoms with Crippen molar-refractivity contribution in [3.8, 4) is 50.7 Å². The second-order valence-electron chi connectivity index (χ2n) is 18.8. The molecule has 0 bridgehead atoms. The van der Waals surface area contributed by atoms with E-state index < -0.39 is 11.7 Å². The number of benzene rings is 10. The van der Waals surface area contributed by atoms with Gasteiger partial charge in [-0.3, -0.25) is 0 Å². The largest absolute Gasteiger partial charge is 0.417 e. The van der Waals surface area contributed by atoms with Gasteiger partial charge in [-0.05, 0) is 119 Å². The fourth-order valence-electron chi connectivity index (χ4n) is 11.4. The van der Waals surface area contributed by atoms with E-state index in [-0.39, 0.29) is 18.1 Å². The molecule has 0 atom stereocenters. The van der Waals surface area contributed by atoms with Gasteiger partial charge in [-0.2, -0.15) is 13.2 Å². The Balaban J connectivity index is 0.961. The Morgan fingerprint density at radius 2 is 0.865 bits per heavy atom. The maximum Gasteiger partial charge on any atom is 0.417 e. The Morgan fingerprint density at radius 1 is 0.365 bits per heavy atom. The summed E-state index contributed by atoms with van der Waals surface area (Å²) in [4.78, 5) is 14.4. The third-order valence-corrected chi connectivity index (χ3v) is 14.6. The van der Waals surface area contributed by atoms with Crippen LogP contribution in [0.25, 0.3) is 72.5 Å². The molecule has 350 valence electrons. The van der Waals surface area contributed by atoms with Crippen LogP contribution in [0.1, 0.15) is 5.56 Å². The quantitative estimate of drug-likeness (QED) is 0.149. The molecule has 4 heterocycles. The molecule has 0 N–H and O–H groups in total. The number of hydrogen-bond acceptors (Lipinski definition) is 4. The number of aromatic nitrogens is 3. The fraction of sp³-hybridized carbons (Fsp3) is 0.0154. The molecule has 0 unspecified atom stereocenters. The third-order valence-electron chi connectivity index (χ3n) is 14.6. The van der Waals surface area contributed by atoms with Gasteiger partial charge in [0.1, 0.15) is 0 Å². The second kappa shape index (κ2) is 17.1. The molecular formula is C65H41BF3N5. The van der Waals surface area contributed by atoms with E-state index in [0.717, 1.165) is 78.2 Å². The number of rotatable bonds is 7. The van der Waals surface area contributed by atoms with Crippen molar-refractivity contribution in [1.82, 2.24) is 14.5 Å². The van der Waals surface area contributed by atoms with Gasteiger partial charge < -0.3 is 14.4 Å². The molecule has 9 heteroatoms. The lowest BCUT2D eigenvalue weighted by Crippen LogP contribution is -2.61. The summed E-state index contributed by atoms with van der Waals surface area (Å²) in [5.41, 5.74) is 15.8. The Morgan fingerprint density at radius 3 is 1.43 bits per heavy atom. The monoisotopic (exact) mass is 959 g/mol. The van der Waals surface area contributed by atoms with Crippen LogP contribution in [0.5, 0.6) is 0 Å². The van der Waals surface area contributed by atoms with Crippen LogP contribution in [-0.4, -0.2) is 21.2 Å². The third kappa shape index (κ3) is 7.03. The van der Waals surface area contributed by atoms with Gasteiger partial charge in [-0.15, -0.1) is 0 Å². The number of hydrogen-bond donors (Lipinski definition) is 0. The van der Waals surface area contributed by atoms with Crippen LogP contribution < -0.4 is 26.2 Å². The zero-order valence-corrected chi connectivity index (χ0v) is 39.6. The SMILES string of the molecule is FC(F)(F)c1cc(-n2c3ccccc3c3cc(-c4cc5c6c(c4)N(c4ccccc4)c4ccccc4B6c4ccccc4N5c4ccccc4)ccc32)ccc1-c1nc(-c2ccccc2)cc(-c2ccccc2)n1. The van der Waals surface area contributed by atoms with E-state index in [1.54, 1.807) is 6.07 Å². The van der Waals surface area contributed by atoms with Gasteiger partial charge in [-0.1, -0.05) is 158 Å². The average molecular weight is 960 g/mol. The summed E-state index contributed by atoms with van der Waals surface area (Å²) in [5, 5.41) is 1.84. The Hall–Kier alpha value is -9.47. The van der Waals surface area contributed by atoms with Crippen molar-refractivity contribution in [3.05, 3.63) is 254 Å². The van der Waals surface area contributed by atoms with E-state index in [9.17, 15) is 0 Å². The van der Waals surface area contributed by atoms with Crippen LogP contribution in [0.3, 0.4) is 0 Å². The van der Waals surface area contributed by atoms with Gasteiger partial charge in [0, 0.05) is 67.3 Å². The maximum absolute atomic E-state index is 15.6. The van der Waals surface area contributed by atoms with E-state index in [4.69, 9.17) is 9.97 Å². The normalized spacial score (nSPS) is 12.7. The van der Waals surface area contributed by atoms with Crippen LogP contribution >= 0.6 is 0 Å². The second-order valence-corrected chi connectivity index (χ2v) is 18.8. The van der Waals surface area contributed by atoms with Crippen molar-refractivity contribution in [2.45, 2.75) is 6.18 Å². The van der Waals surface area contributed by atoms with Gasteiger partial charge in [-0.25, -0.2) is 9.97 Å². The number of halogens is 3. The minimum atomic E-state index is -4.73. The smallest absolute Gasteiger partial charge is 0.311 e. The first-order valence-electron chi connectivity index (χ1n) is 24.7. The first-order valence-corrected chi connectivity index (χ1v) is 24.7. The topological polar surface area (TPSA) is 37.2 Å². The standard InChI is InChI=1S/C65H41BF3N5/c67-65(68,69)52-40-48(34-35-50(52)64-70-55(42-19-5-1-6-20-42)41-56(71-64)43-21-7-2-8-22-43)74-57-30-16-13-27-49(57)51-37-44(33-36-58(51)74)45-38-61-63-62(39-45)73(47-25-11-4-12-26-47)60-32-18-15-29-54(60)66(63)53-28-14-17-31-59(53)72(61)46-23-9-3-10-24-46/h1-41H. The molecule has 0 saturated carbocycles. The lowest BCUT2D eigenvalue weighted by Gasteiger charge is -2.44. The number of fused-ring (bicyclic) bond motifs is 7. The van der Waals surface area contributed by atoms with E-state index >= 15 is 13.2 Å². The Bertz CT molecular complexity index is 3970. The van der Waals surface area contributed by atoms with Crippen molar-refractivity contribution in [3.63, 3.8) is 0 Å². The summed E-state index contributed by atoms with van der Waals surface area (Å²) in [6.45, 7) is -0.0277. The zero-order chi connectivity index (χ0) is 49.5. The molecule has 0 fully saturated rings. The predicted octanol–water partition coefficient (Wildman–Crippen LogP) is 15.3. The molecular weight excluding hydrogens is 919 g/mol. The summed E-state index contributed by atoms with van der Waals surface area (Å²) in [6.07, 6.45) is -4.73. The highest BCUT2D eigenvalue weighted by Crippen LogP contribution is 2.47. The van der Waals surface area contributed by atoms with E-state index in [2.05, 4.69) is 131 Å². The minimum Gasteiger partial charge on any atom is -0.311 e. The molecule has 12 aromatic rings. The van der Waals surface area contributed by atoms with Crippen molar-refractivity contribution in [2.75, 3.05) is 9.80 Å². The molecule has 5 nitrogen and oxygen atoms in total. The summed E-state index contributed by atoms with van der Waals surface area (Å²) < 4.78 is 48.9. The molecule has 2 aliphatic rings. The Labute approximate surface area is 425 Å². The molecule has 14 rings (SSSR count). The predicted molar refractivity (Wildman–Crippen MR) is 297 cm³/mol. The molecule has 10 aromatic carbocycles. The fourth-order valence-corrected chi connectivity index (χ4v) is 11.4. The summed E-state index contributed by atoms with van der Waals surface area (Å²) in [6, 6.07) is 82.8. The molecule has 74 heavy (non-hydrogen) atoms. The maximum atomic E-state index is 15.6. The van der Waals surface area contributed by atoms with Crippen molar-refractivity contribution in [2.24, 2.45) is 0 Å². The van der Waals surface area contributed by atoms with E-state index in [0.29, 0.717) is 17.1 Å². The van der Waals surface area contributed by atoms with Gasteiger partial charge in [0.05, 0.1) is 28.0 Å². The molecule has 2 aliphatic heterocycles. The van der Waals surface area contributed by atoms with Crippen molar-refractivity contribution < 1.29 is 13.2 Å². The number of alkyl halides is 3. The van der Waals surface area contributed by atoms with E-state index in [1.165, 1.54) is 28.5 Å². The highest BCUT2D eigenvalue weighted by Gasteiger charge is 2.43. The first-order chi connectivity index (χ1) is 36.4.